The number of hydrogen-bond acceptors (Lipinski definition) is 5. The average molecular weight is 311 g/mol. The van der Waals surface area contributed by atoms with Crippen LogP contribution in [0.15, 0.2) is 29.7 Å². The number of sulfonamides is 1. The van der Waals surface area contributed by atoms with Gasteiger partial charge in [-0.25, -0.2) is 8.42 Å². The molecule has 114 valence electrons. The monoisotopic (exact) mass is 311 g/mol. The van der Waals surface area contributed by atoms with Gasteiger partial charge >= 0.3 is 5.97 Å². The minimum atomic E-state index is -3.42. The lowest BCUT2D eigenvalue weighted by Crippen LogP contribution is -2.39. The van der Waals surface area contributed by atoms with Crippen LogP contribution in [-0.2, 0) is 19.6 Å². The number of ether oxygens (including phenoxy) is 2. The lowest BCUT2D eigenvalue weighted by atomic mass is 10.2. The third kappa shape index (κ3) is 4.66. The Morgan fingerprint density at radius 3 is 2.43 bits per heavy atom. The molecule has 1 aliphatic heterocycles. The Balaban J connectivity index is 2.04. The molecule has 0 N–H and O–H groups in total. The van der Waals surface area contributed by atoms with Crippen LogP contribution in [0.1, 0.15) is 12.5 Å². The molecule has 1 fully saturated rings. The predicted octanol–water partition coefficient (Wildman–Crippen LogP) is 1.24. The van der Waals surface area contributed by atoms with Gasteiger partial charge in [0.2, 0.25) is 10.0 Å². The van der Waals surface area contributed by atoms with Gasteiger partial charge in [-0.2, -0.15) is 4.31 Å². The van der Waals surface area contributed by atoms with E-state index < -0.39 is 16.0 Å². The maximum absolute atomic E-state index is 12.1. The van der Waals surface area contributed by atoms with E-state index in [0.29, 0.717) is 37.6 Å². The largest absolute Gasteiger partial charge is 0.427 e. The molecule has 1 saturated heterocycles. The van der Waals surface area contributed by atoms with Gasteiger partial charge < -0.3 is 9.47 Å². The van der Waals surface area contributed by atoms with Crippen LogP contribution in [0.3, 0.4) is 0 Å². The summed E-state index contributed by atoms with van der Waals surface area (Å²) in [7, 11) is -3.42. The summed E-state index contributed by atoms with van der Waals surface area (Å²) in [5, 5.41) is 1.18. The highest BCUT2D eigenvalue weighted by Crippen LogP contribution is 2.15. The molecule has 0 amide bonds. The first kappa shape index (κ1) is 15.7. The molecular formula is C14H17NO5S. The van der Waals surface area contributed by atoms with E-state index in [2.05, 4.69) is 0 Å². The third-order valence-corrected chi connectivity index (χ3v) is 4.47. The number of benzene rings is 1. The number of esters is 1. The van der Waals surface area contributed by atoms with Crippen molar-refractivity contribution in [3.63, 3.8) is 0 Å². The molecule has 0 bridgehead atoms. The third-order valence-electron chi connectivity index (χ3n) is 2.90. The Morgan fingerprint density at radius 1 is 1.24 bits per heavy atom. The van der Waals surface area contributed by atoms with Crippen molar-refractivity contribution in [1.29, 1.82) is 0 Å². The number of morpholine rings is 1. The van der Waals surface area contributed by atoms with Crippen LogP contribution in [-0.4, -0.2) is 45.0 Å². The second kappa shape index (κ2) is 6.84. The highest BCUT2D eigenvalue weighted by Gasteiger charge is 2.21. The summed E-state index contributed by atoms with van der Waals surface area (Å²) >= 11 is 0. The van der Waals surface area contributed by atoms with Crippen molar-refractivity contribution >= 4 is 22.1 Å². The van der Waals surface area contributed by atoms with Gasteiger partial charge in [-0.3, -0.25) is 4.79 Å². The van der Waals surface area contributed by atoms with E-state index in [1.165, 1.54) is 22.7 Å². The van der Waals surface area contributed by atoms with Crippen LogP contribution < -0.4 is 4.74 Å². The molecule has 0 atom stereocenters. The topological polar surface area (TPSA) is 72.9 Å². The van der Waals surface area contributed by atoms with Crippen LogP contribution >= 0.6 is 0 Å². The Bertz CT molecular complexity index is 615. The molecule has 7 heteroatoms. The summed E-state index contributed by atoms with van der Waals surface area (Å²) in [6.45, 7) is 2.91. The standard InChI is InChI=1S/C14H17NO5S/c1-12(16)20-14-4-2-13(3-5-14)6-11-21(17,18)15-7-9-19-10-8-15/h2-6,11H,7-10H2,1H3/b11-6+. The fourth-order valence-corrected chi connectivity index (χ4v) is 3.02. The normalized spacial score (nSPS) is 17.0. The van der Waals surface area contributed by atoms with Crippen molar-refractivity contribution < 1.29 is 22.7 Å². The minimum absolute atomic E-state index is 0.373. The zero-order valence-corrected chi connectivity index (χ0v) is 12.5. The van der Waals surface area contributed by atoms with Crippen molar-refractivity contribution in [1.82, 2.24) is 4.31 Å². The Kier molecular flexibility index (Phi) is 5.11. The first-order valence-electron chi connectivity index (χ1n) is 6.52. The Morgan fingerprint density at radius 2 is 1.86 bits per heavy atom. The highest BCUT2D eigenvalue weighted by atomic mass is 32.2. The van der Waals surface area contributed by atoms with E-state index in [9.17, 15) is 13.2 Å². The van der Waals surface area contributed by atoms with E-state index in [-0.39, 0.29) is 0 Å². The lowest BCUT2D eigenvalue weighted by Gasteiger charge is -2.24. The van der Waals surface area contributed by atoms with Gasteiger partial charge in [-0.15, -0.1) is 0 Å². The van der Waals surface area contributed by atoms with Crippen LogP contribution in [0.2, 0.25) is 0 Å². The van der Waals surface area contributed by atoms with Crippen LogP contribution in [0, 0.1) is 0 Å². The Hall–Kier alpha value is -1.70. The summed E-state index contributed by atoms with van der Waals surface area (Å²) in [6.07, 6.45) is 1.52. The van der Waals surface area contributed by atoms with E-state index in [0.717, 1.165) is 0 Å². The molecule has 0 aromatic heterocycles. The maximum atomic E-state index is 12.1. The summed E-state index contributed by atoms with van der Waals surface area (Å²) in [4.78, 5) is 10.8. The highest BCUT2D eigenvalue weighted by molar-refractivity contribution is 7.92. The SMILES string of the molecule is CC(=O)Oc1ccc(/C=C/S(=O)(=O)N2CCOCC2)cc1. The number of rotatable bonds is 4. The summed E-state index contributed by atoms with van der Waals surface area (Å²) in [6, 6.07) is 6.60. The zero-order chi connectivity index (χ0) is 15.3. The van der Waals surface area contributed by atoms with Gasteiger partial charge in [0.1, 0.15) is 5.75 Å². The number of carbonyl (C=O) groups excluding carboxylic acids is 1. The number of carbonyl (C=O) groups is 1. The van der Waals surface area contributed by atoms with E-state index in [4.69, 9.17) is 9.47 Å². The van der Waals surface area contributed by atoms with Gasteiger partial charge in [0.15, 0.2) is 0 Å². The molecule has 0 aliphatic carbocycles. The molecular weight excluding hydrogens is 294 g/mol. The fourth-order valence-electron chi connectivity index (χ4n) is 1.86. The second-order valence-corrected chi connectivity index (χ2v) is 6.34. The van der Waals surface area contributed by atoms with Gasteiger partial charge in [-0.1, -0.05) is 12.1 Å². The molecule has 0 unspecified atom stereocenters. The first-order valence-corrected chi connectivity index (χ1v) is 8.02. The van der Waals surface area contributed by atoms with Crippen LogP contribution in [0.5, 0.6) is 5.75 Å². The molecule has 1 aromatic carbocycles. The average Bonchev–Trinajstić information content (AvgIpc) is 2.47. The first-order chi connectivity index (χ1) is 9.97. The molecule has 21 heavy (non-hydrogen) atoms. The van der Waals surface area contributed by atoms with Gasteiger partial charge in [0.05, 0.1) is 13.2 Å². The van der Waals surface area contributed by atoms with Crippen molar-refractivity contribution in [3.8, 4) is 5.75 Å². The smallest absolute Gasteiger partial charge is 0.308 e. The minimum Gasteiger partial charge on any atom is -0.427 e. The summed E-state index contributed by atoms with van der Waals surface area (Å²) in [5.41, 5.74) is 0.711. The number of nitrogens with zero attached hydrogens (tertiary/aromatic N) is 1. The van der Waals surface area contributed by atoms with Gasteiger partial charge in [-0.05, 0) is 23.8 Å². The van der Waals surface area contributed by atoms with Gasteiger partial charge in [0, 0.05) is 25.4 Å². The molecule has 0 saturated carbocycles. The van der Waals surface area contributed by atoms with Crippen molar-refractivity contribution in [2.45, 2.75) is 6.92 Å². The molecule has 0 spiro atoms. The fraction of sp³-hybridized carbons (Fsp3) is 0.357. The molecule has 1 heterocycles. The predicted molar refractivity (Wildman–Crippen MR) is 78.1 cm³/mol. The molecule has 1 aliphatic rings. The Labute approximate surface area is 124 Å². The molecule has 1 aromatic rings. The van der Waals surface area contributed by atoms with E-state index in [1.54, 1.807) is 24.3 Å². The molecule has 2 rings (SSSR count). The maximum Gasteiger partial charge on any atom is 0.308 e. The van der Waals surface area contributed by atoms with Crippen LogP contribution in [0.25, 0.3) is 6.08 Å². The van der Waals surface area contributed by atoms with Crippen molar-refractivity contribution in [3.05, 3.63) is 35.2 Å². The summed E-state index contributed by atoms with van der Waals surface area (Å²) in [5.74, 6) is 0.0314. The lowest BCUT2D eigenvalue weighted by molar-refractivity contribution is -0.131. The van der Waals surface area contributed by atoms with E-state index >= 15 is 0 Å². The van der Waals surface area contributed by atoms with Crippen molar-refractivity contribution in [2.75, 3.05) is 26.3 Å². The zero-order valence-electron chi connectivity index (χ0n) is 11.7. The molecule has 6 nitrogen and oxygen atoms in total. The van der Waals surface area contributed by atoms with Crippen molar-refractivity contribution in [2.24, 2.45) is 0 Å². The second-order valence-electron chi connectivity index (χ2n) is 4.52. The number of hydrogen-bond donors (Lipinski definition) is 0. The molecule has 0 radical (unpaired) electrons. The summed E-state index contributed by atoms with van der Waals surface area (Å²) < 4.78 is 35.6. The van der Waals surface area contributed by atoms with Crippen LogP contribution in [0.4, 0.5) is 0 Å². The van der Waals surface area contributed by atoms with E-state index in [1.807, 2.05) is 0 Å². The quantitative estimate of drug-likeness (QED) is 0.618. The van der Waals surface area contributed by atoms with Gasteiger partial charge in [0.25, 0.3) is 0 Å².